The van der Waals surface area contributed by atoms with Crippen LogP contribution in [0.2, 0.25) is 0 Å². The molecule has 26 heavy (non-hydrogen) atoms. The van der Waals surface area contributed by atoms with Gasteiger partial charge >= 0.3 is 5.97 Å². The summed E-state index contributed by atoms with van der Waals surface area (Å²) in [5, 5.41) is 5.96. The van der Waals surface area contributed by atoms with Gasteiger partial charge in [-0.25, -0.2) is 14.8 Å². The standard InChI is InChI=1S/C19H24N4O3/c1-5-26-19(25)14-6-8-15(9-7-14)23-17-10-16(21-13(4)22-17)18(24)20-11-12(2)3/h6-10,12H,5,11H2,1-4H3,(H,20,24)(H,21,22,23). The van der Waals surface area contributed by atoms with Gasteiger partial charge in [0.15, 0.2) is 0 Å². The fourth-order valence-electron chi connectivity index (χ4n) is 2.19. The number of aromatic nitrogens is 2. The van der Waals surface area contributed by atoms with Crippen molar-refractivity contribution in [2.24, 2.45) is 5.92 Å². The van der Waals surface area contributed by atoms with Crippen molar-refractivity contribution in [2.45, 2.75) is 27.7 Å². The van der Waals surface area contributed by atoms with Crippen LogP contribution in [0, 0.1) is 12.8 Å². The smallest absolute Gasteiger partial charge is 0.338 e. The fourth-order valence-corrected chi connectivity index (χ4v) is 2.19. The van der Waals surface area contributed by atoms with E-state index in [1.807, 2.05) is 13.8 Å². The fraction of sp³-hybridized carbons (Fsp3) is 0.368. The number of rotatable bonds is 7. The molecule has 0 saturated carbocycles. The van der Waals surface area contributed by atoms with Crippen LogP contribution < -0.4 is 10.6 Å². The van der Waals surface area contributed by atoms with Crippen LogP contribution in [0.25, 0.3) is 0 Å². The molecule has 0 spiro atoms. The van der Waals surface area contributed by atoms with Gasteiger partial charge < -0.3 is 15.4 Å². The number of nitrogens with one attached hydrogen (secondary N) is 2. The first kappa shape index (κ1) is 19.4. The Balaban J connectivity index is 2.11. The second-order valence-electron chi connectivity index (χ2n) is 6.21. The van der Waals surface area contributed by atoms with Gasteiger partial charge in [-0.3, -0.25) is 4.79 Å². The number of anilines is 2. The zero-order valence-electron chi connectivity index (χ0n) is 15.5. The van der Waals surface area contributed by atoms with Crippen LogP contribution in [-0.2, 0) is 4.74 Å². The zero-order valence-corrected chi connectivity index (χ0v) is 15.5. The number of nitrogens with zero attached hydrogens (tertiary/aromatic N) is 2. The number of ether oxygens (including phenoxy) is 1. The summed E-state index contributed by atoms with van der Waals surface area (Å²) in [5.41, 5.74) is 1.53. The van der Waals surface area contributed by atoms with Crippen LogP contribution in [0.4, 0.5) is 11.5 Å². The third kappa shape index (κ3) is 5.54. The second-order valence-corrected chi connectivity index (χ2v) is 6.21. The lowest BCUT2D eigenvalue weighted by molar-refractivity contribution is 0.0526. The Bertz CT molecular complexity index is 773. The Morgan fingerprint density at radius 2 is 1.85 bits per heavy atom. The SMILES string of the molecule is CCOC(=O)c1ccc(Nc2cc(C(=O)NCC(C)C)nc(C)n2)cc1. The van der Waals surface area contributed by atoms with Crippen LogP contribution in [-0.4, -0.2) is 35.0 Å². The van der Waals surface area contributed by atoms with Gasteiger partial charge in [-0.05, 0) is 44.0 Å². The highest BCUT2D eigenvalue weighted by Gasteiger charge is 2.11. The Labute approximate surface area is 153 Å². The van der Waals surface area contributed by atoms with Crippen molar-refractivity contribution in [3.05, 3.63) is 47.4 Å². The van der Waals surface area contributed by atoms with Crippen molar-refractivity contribution in [3.8, 4) is 0 Å². The summed E-state index contributed by atoms with van der Waals surface area (Å²) in [4.78, 5) is 32.4. The maximum Gasteiger partial charge on any atom is 0.338 e. The second kappa shape index (κ2) is 8.94. The average Bonchev–Trinajstić information content (AvgIpc) is 2.60. The Kier molecular flexibility index (Phi) is 6.66. The van der Waals surface area contributed by atoms with Crippen molar-refractivity contribution in [1.29, 1.82) is 0 Å². The predicted molar refractivity (Wildman–Crippen MR) is 99.6 cm³/mol. The molecule has 0 fully saturated rings. The molecule has 1 aromatic heterocycles. The van der Waals surface area contributed by atoms with Gasteiger partial charge in [0, 0.05) is 18.3 Å². The van der Waals surface area contributed by atoms with Crippen molar-refractivity contribution < 1.29 is 14.3 Å². The molecule has 0 aliphatic carbocycles. The summed E-state index contributed by atoms with van der Waals surface area (Å²) in [6.45, 7) is 8.46. The number of benzene rings is 1. The molecule has 1 heterocycles. The van der Waals surface area contributed by atoms with E-state index in [1.165, 1.54) is 0 Å². The van der Waals surface area contributed by atoms with Crippen LogP contribution in [0.1, 0.15) is 47.4 Å². The van der Waals surface area contributed by atoms with E-state index >= 15 is 0 Å². The lowest BCUT2D eigenvalue weighted by atomic mass is 10.2. The zero-order chi connectivity index (χ0) is 19.1. The van der Waals surface area contributed by atoms with E-state index in [4.69, 9.17) is 4.74 Å². The van der Waals surface area contributed by atoms with Crippen molar-refractivity contribution >= 4 is 23.4 Å². The molecule has 138 valence electrons. The molecule has 2 N–H and O–H groups in total. The molecular weight excluding hydrogens is 332 g/mol. The summed E-state index contributed by atoms with van der Waals surface area (Å²) >= 11 is 0. The van der Waals surface area contributed by atoms with Crippen LogP contribution in [0.3, 0.4) is 0 Å². The quantitative estimate of drug-likeness (QED) is 0.741. The summed E-state index contributed by atoms with van der Waals surface area (Å²) < 4.78 is 4.96. The molecule has 0 bridgehead atoms. The van der Waals surface area contributed by atoms with Crippen molar-refractivity contribution in [3.63, 3.8) is 0 Å². The molecule has 0 unspecified atom stereocenters. The van der Waals surface area contributed by atoms with E-state index in [0.717, 1.165) is 5.69 Å². The van der Waals surface area contributed by atoms with Gasteiger partial charge in [-0.2, -0.15) is 0 Å². The number of esters is 1. The van der Waals surface area contributed by atoms with Gasteiger partial charge in [0.25, 0.3) is 5.91 Å². The molecule has 2 aromatic rings. The molecule has 0 saturated heterocycles. The number of carbonyl (C=O) groups excluding carboxylic acids is 2. The molecule has 7 nitrogen and oxygen atoms in total. The maximum atomic E-state index is 12.2. The first-order valence-electron chi connectivity index (χ1n) is 8.57. The molecule has 1 amide bonds. The van der Waals surface area contributed by atoms with Crippen LogP contribution in [0.5, 0.6) is 0 Å². The highest BCUT2D eigenvalue weighted by atomic mass is 16.5. The minimum absolute atomic E-state index is 0.232. The number of hydrogen-bond donors (Lipinski definition) is 2. The first-order chi connectivity index (χ1) is 12.4. The summed E-state index contributed by atoms with van der Waals surface area (Å²) in [7, 11) is 0. The van der Waals surface area contributed by atoms with E-state index < -0.39 is 0 Å². The molecule has 0 radical (unpaired) electrons. The number of aryl methyl sites for hydroxylation is 1. The summed E-state index contributed by atoms with van der Waals surface area (Å²) in [6, 6.07) is 8.45. The normalized spacial score (nSPS) is 10.5. The molecule has 0 aliphatic heterocycles. The Morgan fingerprint density at radius 3 is 2.46 bits per heavy atom. The Morgan fingerprint density at radius 1 is 1.15 bits per heavy atom. The van der Waals surface area contributed by atoms with E-state index in [9.17, 15) is 9.59 Å². The molecular formula is C19H24N4O3. The molecule has 0 atom stereocenters. The van der Waals surface area contributed by atoms with Crippen LogP contribution >= 0.6 is 0 Å². The van der Waals surface area contributed by atoms with Crippen molar-refractivity contribution in [1.82, 2.24) is 15.3 Å². The minimum Gasteiger partial charge on any atom is -0.462 e. The van der Waals surface area contributed by atoms with E-state index in [1.54, 1.807) is 44.2 Å². The van der Waals surface area contributed by atoms with Gasteiger partial charge in [-0.1, -0.05) is 13.8 Å². The van der Waals surface area contributed by atoms with Gasteiger partial charge in [0.2, 0.25) is 0 Å². The number of hydrogen-bond acceptors (Lipinski definition) is 6. The Hall–Kier alpha value is -2.96. The monoisotopic (exact) mass is 356 g/mol. The van der Waals surface area contributed by atoms with E-state index in [2.05, 4.69) is 20.6 Å². The highest BCUT2D eigenvalue weighted by Crippen LogP contribution is 2.17. The van der Waals surface area contributed by atoms with E-state index in [0.29, 0.717) is 42.0 Å². The lowest BCUT2D eigenvalue weighted by Gasteiger charge is -2.10. The third-order valence-electron chi connectivity index (χ3n) is 3.41. The lowest BCUT2D eigenvalue weighted by Crippen LogP contribution is -2.28. The van der Waals surface area contributed by atoms with Gasteiger partial charge in [0.05, 0.1) is 12.2 Å². The summed E-state index contributed by atoms with van der Waals surface area (Å²) in [6.07, 6.45) is 0. The third-order valence-corrected chi connectivity index (χ3v) is 3.41. The van der Waals surface area contributed by atoms with E-state index in [-0.39, 0.29) is 11.9 Å². The first-order valence-corrected chi connectivity index (χ1v) is 8.57. The van der Waals surface area contributed by atoms with Crippen LogP contribution in [0.15, 0.2) is 30.3 Å². The highest BCUT2D eigenvalue weighted by molar-refractivity contribution is 5.93. The minimum atomic E-state index is -0.360. The van der Waals surface area contributed by atoms with Gasteiger partial charge in [-0.15, -0.1) is 0 Å². The predicted octanol–water partition coefficient (Wildman–Crippen LogP) is 3.09. The maximum absolute atomic E-state index is 12.2. The molecule has 1 aromatic carbocycles. The van der Waals surface area contributed by atoms with Crippen molar-refractivity contribution in [2.75, 3.05) is 18.5 Å². The average molecular weight is 356 g/mol. The summed E-state index contributed by atoms with van der Waals surface area (Å²) in [5.74, 6) is 0.771. The molecule has 2 rings (SSSR count). The topological polar surface area (TPSA) is 93.2 Å². The molecule has 0 aliphatic rings. The number of carbonyl (C=O) groups is 2. The van der Waals surface area contributed by atoms with Gasteiger partial charge in [0.1, 0.15) is 17.3 Å². The number of amides is 1. The largest absolute Gasteiger partial charge is 0.462 e. The molecule has 7 heteroatoms.